The molecule has 2 N–H and O–H groups in total. The van der Waals surface area contributed by atoms with Crippen LogP contribution in [0.1, 0.15) is 31.0 Å². The summed E-state index contributed by atoms with van der Waals surface area (Å²) in [7, 11) is 0. The molecule has 1 rings (SSSR count). The van der Waals surface area contributed by atoms with E-state index in [9.17, 15) is 4.39 Å². The van der Waals surface area contributed by atoms with Crippen LogP contribution in [0.4, 0.5) is 4.39 Å². The summed E-state index contributed by atoms with van der Waals surface area (Å²) in [6.45, 7) is 3.49. The molecule has 72 valence electrons. The third-order valence-corrected chi connectivity index (χ3v) is 2.05. The maximum absolute atomic E-state index is 12.8. The van der Waals surface area contributed by atoms with E-state index < -0.39 is 6.17 Å². The van der Waals surface area contributed by atoms with Gasteiger partial charge in [-0.2, -0.15) is 0 Å². The van der Waals surface area contributed by atoms with E-state index in [1.165, 1.54) is 0 Å². The molecule has 0 spiro atoms. The number of rotatable bonds is 3. The van der Waals surface area contributed by atoms with E-state index >= 15 is 0 Å². The largest absolute Gasteiger partial charge is 0.324 e. The molecule has 0 radical (unpaired) electrons. The second-order valence-electron chi connectivity index (χ2n) is 3.47. The number of halogens is 1. The van der Waals surface area contributed by atoms with E-state index in [0.29, 0.717) is 6.42 Å². The fourth-order valence-electron chi connectivity index (χ4n) is 1.47. The van der Waals surface area contributed by atoms with Gasteiger partial charge in [0.05, 0.1) is 0 Å². The second kappa shape index (κ2) is 4.38. The molecule has 2 heteroatoms. The normalized spacial score (nSPS) is 15.4. The summed E-state index contributed by atoms with van der Waals surface area (Å²) in [6.07, 6.45) is -0.350. The topological polar surface area (TPSA) is 26.0 Å². The molecule has 2 atom stereocenters. The van der Waals surface area contributed by atoms with Gasteiger partial charge < -0.3 is 5.73 Å². The fraction of sp³-hybridized carbons (Fsp3) is 0.455. The van der Waals surface area contributed by atoms with Crippen molar-refractivity contribution in [2.24, 2.45) is 5.73 Å². The van der Waals surface area contributed by atoms with E-state index in [2.05, 4.69) is 0 Å². The van der Waals surface area contributed by atoms with Crippen LogP contribution in [0.25, 0.3) is 0 Å². The molecule has 0 amide bonds. The molecule has 1 nitrogen and oxygen atoms in total. The lowest BCUT2D eigenvalue weighted by Gasteiger charge is -2.12. The van der Waals surface area contributed by atoms with Crippen LogP contribution in [-0.4, -0.2) is 6.17 Å². The molecule has 0 saturated carbocycles. The molecule has 0 saturated heterocycles. The van der Waals surface area contributed by atoms with E-state index in [-0.39, 0.29) is 6.04 Å². The third-order valence-electron chi connectivity index (χ3n) is 2.05. The van der Waals surface area contributed by atoms with Crippen molar-refractivity contribution in [1.82, 2.24) is 0 Å². The van der Waals surface area contributed by atoms with Crippen molar-refractivity contribution >= 4 is 0 Å². The van der Waals surface area contributed by atoms with Gasteiger partial charge in [0.2, 0.25) is 0 Å². The Hall–Kier alpha value is -0.890. The number of benzene rings is 1. The molecule has 0 aliphatic carbocycles. The maximum atomic E-state index is 12.8. The van der Waals surface area contributed by atoms with Crippen LogP contribution in [0.5, 0.6) is 0 Å². The first kappa shape index (κ1) is 10.2. The van der Waals surface area contributed by atoms with Crippen LogP contribution in [0.2, 0.25) is 0 Å². The second-order valence-corrected chi connectivity index (χ2v) is 3.47. The van der Waals surface area contributed by atoms with E-state index in [0.717, 1.165) is 11.1 Å². The van der Waals surface area contributed by atoms with Gasteiger partial charge in [-0.3, -0.25) is 0 Å². The highest BCUT2D eigenvalue weighted by Gasteiger charge is 2.08. The van der Waals surface area contributed by atoms with E-state index in [1.807, 2.05) is 31.2 Å². The highest BCUT2D eigenvalue weighted by molar-refractivity contribution is 5.29. The summed E-state index contributed by atoms with van der Waals surface area (Å²) in [4.78, 5) is 0. The van der Waals surface area contributed by atoms with Crippen LogP contribution >= 0.6 is 0 Å². The zero-order valence-electron chi connectivity index (χ0n) is 8.13. The summed E-state index contributed by atoms with van der Waals surface area (Å²) < 4.78 is 12.8. The zero-order chi connectivity index (χ0) is 9.84. The van der Waals surface area contributed by atoms with Gasteiger partial charge in [0.1, 0.15) is 6.17 Å². The molecule has 0 aromatic heterocycles. The van der Waals surface area contributed by atoms with E-state index in [1.54, 1.807) is 6.92 Å². The van der Waals surface area contributed by atoms with Crippen molar-refractivity contribution in [2.75, 3.05) is 0 Å². The lowest BCUT2D eigenvalue weighted by molar-refractivity contribution is 0.359. The first-order chi connectivity index (χ1) is 6.11. The molecule has 0 bridgehead atoms. The maximum Gasteiger partial charge on any atom is 0.101 e. The van der Waals surface area contributed by atoms with Crippen LogP contribution in [0.15, 0.2) is 24.3 Å². The average Bonchev–Trinajstić information content (AvgIpc) is 2.03. The van der Waals surface area contributed by atoms with Gasteiger partial charge in [0.15, 0.2) is 0 Å². The van der Waals surface area contributed by atoms with Gasteiger partial charge in [-0.1, -0.05) is 24.3 Å². The Labute approximate surface area is 78.8 Å². The average molecular weight is 181 g/mol. The lowest BCUT2D eigenvalue weighted by atomic mass is 9.98. The van der Waals surface area contributed by atoms with Crippen LogP contribution in [0, 0.1) is 0 Å². The quantitative estimate of drug-likeness (QED) is 0.762. The Morgan fingerprint density at radius 3 is 2.46 bits per heavy atom. The summed E-state index contributed by atoms with van der Waals surface area (Å²) in [5, 5.41) is 0. The molecular weight excluding hydrogens is 165 g/mol. The van der Waals surface area contributed by atoms with Crippen molar-refractivity contribution in [3.8, 4) is 0 Å². The highest BCUT2D eigenvalue weighted by Crippen LogP contribution is 2.17. The Morgan fingerprint density at radius 1 is 1.31 bits per heavy atom. The smallest absolute Gasteiger partial charge is 0.101 e. The fourth-order valence-corrected chi connectivity index (χ4v) is 1.47. The Balaban J connectivity index is 2.91. The zero-order valence-corrected chi connectivity index (χ0v) is 8.13. The summed E-state index contributed by atoms with van der Waals surface area (Å²) in [5.74, 6) is 0. The monoisotopic (exact) mass is 181 g/mol. The van der Waals surface area contributed by atoms with Gasteiger partial charge in [0, 0.05) is 12.5 Å². The first-order valence-electron chi connectivity index (χ1n) is 4.58. The molecule has 0 aliphatic rings. The predicted molar refractivity (Wildman–Crippen MR) is 53.3 cm³/mol. The van der Waals surface area contributed by atoms with Crippen molar-refractivity contribution in [3.63, 3.8) is 0 Å². The predicted octanol–water partition coefficient (Wildman–Crippen LogP) is 2.61. The Morgan fingerprint density at radius 2 is 1.92 bits per heavy atom. The molecule has 0 aliphatic heterocycles. The molecule has 13 heavy (non-hydrogen) atoms. The minimum atomic E-state index is -0.806. The first-order valence-corrected chi connectivity index (χ1v) is 4.58. The molecule has 0 fully saturated rings. The Bertz CT molecular complexity index is 269. The number of nitrogens with two attached hydrogens (primary N) is 1. The number of alkyl halides is 1. The minimum absolute atomic E-state index is 0.0186. The summed E-state index contributed by atoms with van der Waals surface area (Å²) in [5.41, 5.74) is 7.84. The van der Waals surface area contributed by atoms with E-state index in [4.69, 9.17) is 5.73 Å². The van der Waals surface area contributed by atoms with Crippen molar-refractivity contribution in [1.29, 1.82) is 0 Å². The molecule has 0 heterocycles. The van der Waals surface area contributed by atoms with Gasteiger partial charge in [-0.15, -0.1) is 0 Å². The number of hydrogen-bond donors (Lipinski definition) is 1. The van der Waals surface area contributed by atoms with Gasteiger partial charge in [-0.05, 0) is 25.0 Å². The molecule has 2 unspecified atom stereocenters. The highest BCUT2D eigenvalue weighted by atomic mass is 19.1. The summed E-state index contributed by atoms with van der Waals surface area (Å²) in [6, 6.07) is 7.74. The molecule has 1 aromatic rings. The third kappa shape index (κ3) is 2.81. The SMILES string of the molecule is CC(F)Cc1ccccc1C(C)N. The van der Waals surface area contributed by atoms with Crippen molar-refractivity contribution in [2.45, 2.75) is 32.5 Å². The summed E-state index contributed by atoms with van der Waals surface area (Å²) >= 11 is 0. The number of hydrogen-bond acceptors (Lipinski definition) is 1. The van der Waals surface area contributed by atoms with Crippen LogP contribution in [0.3, 0.4) is 0 Å². The Kier molecular flexibility index (Phi) is 3.43. The lowest BCUT2D eigenvalue weighted by Crippen LogP contribution is -2.10. The van der Waals surface area contributed by atoms with Gasteiger partial charge in [-0.25, -0.2) is 4.39 Å². The molecular formula is C11H16FN. The van der Waals surface area contributed by atoms with Crippen LogP contribution in [-0.2, 0) is 6.42 Å². The van der Waals surface area contributed by atoms with Gasteiger partial charge >= 0.3 is 0 Å². The van der Waals surface area contributed by atoms with Crippen molar-refractivity contribution < 1.29 is 4.39 Å². The molecule has 1 aromatic carbocycles. The van der Waals surface area contributed by atoms with Crippen molar-refractivity contribution in [3.05, 3.63) is 35.4 Å². The van der Waals surface area contributed by atoms with Gasteiger partial charge in [0.25, 0.3) is 0 Å². The minimum Gasteiger partial charge on any atom is -0.324 e. The van der Waals surface area contributed by atoms with Crippen LogP contribution < -0.4 is 5.73 Å². The standard InChI is InChI=1S/C11H16FN/c1-8(12)7-10-5-3-4-6-11(10)9(2)13/h3-6,8-9H,7,13H2,1-2H3.